The van der Waals surface area contributed by atoms with Crippen molar-refractivity contribution < 1.29 is 13.9 Å². The first-order valence-corrected chi connectivity index (χ1v) is 9.49. The first-order valence-electron chi connectivity index (χ1n) is 9.11. The molecule has 0 aliphatic carbocycles. The van der Waals surface area contributed by atoms with Gasteiger partial charge in [-0.25, -0.2) is 0 Å². The molecule has 0 unspecified atom stereocenters. The highest BCUT2D eigenvalue weighted by Gasteiger charge is 2.24. The molecule has 0 spiro atoms. The summed E-state index contributed by atoms with van der Waals surface area (Å²) in [7, 11) is 0. The predicted molar refractivity (Wildman–Crippen MR) is 113 cm³/mol. The Balaban J connectivity index is 0.00000225. The molecule has 2 N–H and O–H groups in total. The predicted octanol–water partition coefficient (Wildman–Crippen LogP) is 4.57. The van der Waals surface area contributed by atoms with Crippen LogP contribution >= 0.6 is 24.0 Å². The van der Waals surface area contributed by atoms with Crippen LogP contribution in [0.2, 0.25) is 5.02 Å². The first-order chi connectivity index (χ1) is 13.2. The molecule has 148 valence electrons. The fourth-order valence-electron chi connectivity index (χ4n) is 3.36. The number of halogens is 2. The van der Waals surface area contributed by atoms with Crippen LogP contribution in [0.4, 0.5) is 0 Å². The highest BCUT2D eigenvalue weighted by atomic mass is 35.5. The monoisotopic (exact) mass is 420 g/mol. The Morgan fingerprint density at radius 1 is 1.21 bits per heavy atom. The van der Waals surface area contributed by atoms with Gasteiger partial charge in [0, 0.05) is 23.5 Å². The maximum absolute atomic E-state index is 12.9. The van der Waals surface area contributed by atoms with Gasteiger partial charge >= 0.3 is 0 Å². The fourth-order valence-corrected chi connectivity index (χ4v) is 3.55. The number of ether oxygens (including phenoxy) is 1. The number of nitrogens with one attached hydrogen (secondary N) is 2. The van der Waals surface area contributed by atoms with Gasteiger partial charge in [-0.1, -0.05) is 41.9 Å². The minimum atomic E-state index is -0.211. The molecule has 1 atom stereocenters. The Morgan fingerprint density at radius 3 is 2.79 bits per heavy atom. The van der Waals surface area contributed by atoms with Crippen molar-refractivity contribution in [3.63, 3.8) is 0 Å². The van der Waals surface area contributed by atoms with Crippen molar-refractivity contribution in [3.05, 3.63) is 64.9 Å². The van der Waals surface area contributed by atoms with Gasteiger partial charge < -0.3 is 19.8 Å². The second-order valence-corrected chi connectivity index (χ2v) is 7.05. The number of hydrogen-bond acceptors (Lipinski definition) is 4. The summed E-state index contributed by atoms with van der Waals surface area (Å²) in [5, 5.41) is 7.77. The number of rotatable bonds is 5. The quantitative estimate of drug-likeness (QED) is 0.634. The Labute approximate surface area is 174 Å². The summed E-state index contributed by atoms with van der Waals surface area (Å²) in [5.41, 5.74) is 1.40. The topological polar surface area (TPSA) is 63.5 Å². The first kappa shape index (κ1) is 20.5. The maximum Gasteiger partial charge on any atom is 0.287 e. The normalized spacial score (nSPS) is 16.4. The van der Waals surface area contributed by atoms with Crippen LogP contribution in [0.3, 0.4) is 0 Å². The summed E-state index contributed by atoms with van der Waals surface area (Å²) in [6.07, 6.45) is 2.01. The molecule has 7 heteroatoms. The summed E-state index contributed by atoms with van der Waals surface area (Å²) < 4.78 is 11.8. The van der Waals surface area contributed by atoms with E-state index in [-0.39, 0.29) is 31.0 Å². The van der Waals surface area contributed by atoms with Crippen LogP contribution < -0.4 is 15.4 Å². The van der Waals surface area contributed by atoms with Gasteiger partial charge in [-0.15, -0.1) is 12.4 Å². The van der Waals surface area contributed by atoms with E-state index in [0.29, 0.717) is 22.1 Å². The van der Waals surface area contributed by atoms with Gasteiger partial charge in [0.05, 0.1) is 5.02 Å². The molecule has 0 saturated carbocycles. The molecule has 0 bridgehead atoms. The lowest BCUT2D eigenvalue weighted by atomic mass is 10.1. The summed E-state index contributed by atoms with van der Waals surface area (Å²) in [5.74, 6) is 0.666. The molecule has 2 heterocycles. The van der Waals surface area contributed by atoms with Crippen LogP contribution in [0, 0.1) is 0 Å². The summed E-state index contributed by atoms with van der Waals surface area (Å²) >= 11 is 6.18. The van der Waals surface area contributed by atoms with Gasteiger partial charge in [-0.3, -0.25) is 4.79 Å². The van der Waals surface area contributed by atoms with Gasteiger partial charge in [0.25, 0.3) is 5.91 Å². The van der Waals surface area contributed by atoms with Crippen LogP contribution in [-0.2, 0) is 6.61 Å². The van der Waals surface area contributed by atoms with Crippen LogP contribution in [0.1, 0.15) is 29.0 Å². The smallest absolute Gasteiger partial charge is 0.287 e. The van der Waals surface area contributed by atoms with E-state index in [1.807, 2.05) is 36.4 Å². The van der Waals surface area contributed by atoms with E-state index in [4.69, 9.17) is 20.8 Å². The highest BCUT2D eigenvalue weighted by Crippen LogP contribution is 2.29. The fraction of sp³-hybridized carbons (Fsp3) is 0.286. The molecule has 1 aliphatic heterocycles. The second-order valence-electron chi connectivity index (χ2n) is 6.64. The van der Waals surface area contributed by atoms with E-state index in [2.05, 4.69) is 10.6 Å². The third kappa shape index (κ3) is 4.43. The molecule has 1 amide bonds. The molecular weight excluding hydrogens is 399 g/mol. The number of amides is 1. The number of carbonyl (C=O) groups is 1. The van der Waals surface area contributed by atoms with Gasteiger partial charge in [0.15, 0.2) is 5.76 Å². The molecule has 2 aromatic carbocycles. The van der Waals surface area contributed by atoms with E-state index < -0.39 is 0 Å². The van der Waals surface area contributed by atoms with Crippen molar-refractivity contribution in [1.82, 2.24) is 10.6 Å². The SMILES string of the molecule is Cl.O=C(N[C@H]1CCCNC1)c1oc2ccccc2c1COc1ccccc1Cl. The molecule has 1 aromatic heterocycles. The third-order valence-electron chi connectivity index (χ3n) is 4.75. The van der Waals surface area contributed by atoms with Crippen molar-refractivity contribution in [2.24, 2.45) is 0 Å². The average Bonchev–Trinajstić information content (AvgIpc) is 3.07. The van der Waals surface area contributed by atoms with Crippen molar-refractivity contribution in [2.75, 3.05) is 13.1 Å². The summed E-state index contributed by atoms with van der Waals surface area (Å²) in [6, 6.07) is 15.0. The van der Waals surface area contributed by atoms with Crippen molar-refractivity contribution in [1.29, 1.82) is 0 Å². The lowest BCUT2D eigenvalue weighted by Gasteiger charge is -2.23. The summed E-state index contributed by atoms with van der Waals surface area (Å²) in [6.45, 7) is 1.97. The zero-order valence-corrected chi connectivity index (χ0v) is 16.8. The van der Waals surface area contributed by atoms with Crippen LogP contribution in [-0.4, -0.2) is 25.0 Å². The number of carbonyl (C=O) groups excluding carboxylic acids is 1. The largest absolute Gasteiger partial charge is 0.487 e. The number of piperidine rings is 1. The minimum Gasteiger partial charge on any atom is -0.487 e. The number of hydrogen-bond donors (Lipinski definition) is 2. The number of fused-ring (bicyclic) bond motifs is 1. The van der Waals surface area contributed by atoms with Crippen LogP contribution in [0.15, 0.2) is 52.9 Å². The van der Waals surface area contributed by atoms with Crippen LogP contribution in [0.5, 0.6) is 5.75 Å². The molecule has 5 nitrogen and oxygen atoms in total. The molecule has 1 fully saturated rings. The standard InChI is InChI=1S/C21H21ClN2O3.ClH/c22-17-8-2-4-10-19(17)26-13-16-15-7-1-3-9-18(15)27-20(16)21(25)24-14-6-5-11-23-12-14;/h1-4,7-10,14,23H,5-6,11-13H2,(H,24,25);1H/t14-;/m0./s1. The van der Waals surface area contributed by atoms with Gasteiger partial charge in [0.2, 0.25) is 0 Å². The minimum absolute atomic E-state index is 0. The second kappa shape index (κ2) is 9.32. The molecule has 4 rings (SSSR count). The summed E-state index contributed by atoms with van der Waals surface area (Å²) in [4.78, 5) is 12.9. The van der Waals surface area contributed by atoms with E-state index >= 15 is 0 Å². The lowest BCUT2D eigenvalue weighted by Crippen LogP contribution is -2.45. The number of benzene rings is 2. The lowest BCUT2D eigenvalue weighted by molar-refractivity contribution is 0.0901. The number of furan rings is 1. The van der Waals surface area contributed by atoms with E-state index in [0.717, 1.165) is 36.9 Å². The van der Waals surface area contributed by atoms with Crippen molar-refractivity contribution >= 4 is 40.9 Å². The number of para-hydroxylation sites is 2. The Hall–Kier alpha value is -2.21. The van der Waals surface area contributed by atoms with Gasteiger partial charge in [0.1, 0.15) is 17.9 Å². The van der Waals surface area contributed by atoms with E-state index in [9.17, 15) is 4.79 Å². The molecule has 1 saturated heterocycles. The van der Waals surface area contributed by atoms with E-state index in [1.165, 1.54) is 0 Å². The Bertz CT molecular complexity index is 952. The van der Waals surface area contributed by atoms with Crippen molar-refractivity contribution in [2.45, 2.75) is 25.5 Å². The average molecular weight is 421 g/mol. The van der Waals surface area contributed by atoms with Crippen LogP contribution in [0.25, 0.3) is 11.0 Å². The van der Waals surface area contributed by atoms with Gasteiger partial charge in [-0.2, -0.15) is 0 Å². The zero-order valence-electron chi connectivity index (χ0n) is 15.2. The molecule has 28 heavy (non-hydrogen) atoms. The zero-order chi connectivity index (χ0) is 18.6. The van der Waals surface area contributed by atoms with E-state index in [1.54, 1.807) is 12.1 Å². The molecule has 0 radical (unpaired) electrons. The Morgan fingerprint density at radius 2 is 2.00 bits per heavy atom. The van der Waals surface area contributed by atoms with Crippen molar-refractivity contribution in [3.8, 4) is 5.75 Å². The Kier molecular flexibility index (Phi) is 6.83. The third-order valence-corrected chi connectivity index (χ3v) is 5.06. The molecule has 3 aromatic rings. The molecular formula is C21H22Cl2N2O3. The highest BCUT2D eigenvalue weighted by molar-refractivity contribution is 6.32. The van der Waals surface area contributed by atoms with Gasteiger partial charge in [-0.05, 0) is 37.6 Å². The molecule has 1 aliphatic rings. The maximum atomic E-state index is 12.9.